The van der Waals surface area contributed by atoms with Gasteiger partial charge in [0.25, 0.3) is 0 Å². The Kier molecular flexibility index (Phi) is 6.87. The zero-order valence-corrected chi connectivity index (χ0v) is 13.9. The normalized spacial score (nSPS) is 11.7. The summed E-state index contributed by atoms with van der Waals surface area (Å²) in [4.78, 5) is 20.9. The molecule has 0 fully saturated rings. The third-order valence-corrected chi connectivity index (χ3v) is 3.43. The Bertz CT molecular complexity index is 735. The van der Waals surface area contributed by atoms with E-state index in [9.17, 15) is 20.2 Å². The second-order valence-corrected chi connectivity index (χ2v) is 5.31. The molecule has 134 valence electrons. The van der Waals surface area contributed by atoms with E-state index in [0.29, 0.717) is 13.1 Å². The summed E-state index contributed by atoms with van der Waals surface area (Å²) in [5.41, 5.74) is 0.568. The summed E-state index contributed by atoms with van der Waals surface area (Å²) in [6.45, 7) is 0.640. The van der Waals surface area contributed by atoms with Crippen LogP contribution in [0.2, 0.25) is 0 Å². The fourth-order valence-electron chi connectivity index (χ4n) is 2.16. The maximum Gasteiger partial charge on any atom is 0.363 e. The van der Waals surface area contributed by atoms with E-state index in [1.165, 1.54) is 0 Å². The van der Waals surface area contributed by atoms with Crippen molar-refractivity contribution >= 4 is 0 Å². The van der Waals surface area contributed by atoms with Crippen molar-refractivity contribution in [3.05, 3.63) is 116 Å². The number of hydrogen-bond donors (Lipinski definition) is 2. The van der Waals surface area contributed by atoms with Crippen molar-refractivity contribution in [2.45, 2.75) is 13.1 Å². The van der Waals surface area contributed by atoms with E-state index in [2.05, 4.69) is 10.6 Å². The lowest BCUT2D eigenvalue weighted by Gasteiger charge is -2.03. The molecule has 8 heteroatoms. The summed E-state index contributed by atoms with van der Waals surface area (Å²) < 4.78 is 0. The Morgan fingerprint density at radius 1 is 0.731 bits per heavy atom. The number of nitro groups is 2. The molecule has 0 saturated heterocycles. The Morgan fingerprint density at radius 2 is 1.08 bits per heavy atom. The summed E-state index contributed by atoms with van der Waals surface area (Å²) in [5, 5.41) is 28.0. The number of benzene rings is 2. The molecule has 2 rings (SSSR count). The largest absolute Gasteiger partial charge is 0.381 e. The van der Waals surface area contributed by atoms with Crippen LogP contribution in [0.25, 0.3) is 0 Å². The van der Waals surface area contributed by atoms with E-state index in [4.69, 9.17) is 0 Å². The summed E-state index contributed by atoms with van der Waals surface area (Å²) in [6, 6.07) is 18.4. The van der Waals surface area contributed by atoms with Crippen molar-refractivity contribution < 1.29 is 9.85 Å². The zero-order chi connectivity index (χ0) is 18.8. The van der Waals surface area contributed by atoms with Crippen LogP contribution in [0.3, 0.4) is 0 Å². The van der Waals surface area contributed by atoms with E-state index in [-0.39, 0.29) is 0 Å². The van der Waals surface area contributed by atoms with Crippen LogP contribution in [0, 0.1) is 20.2 Å². The predicted molar refractivity (Wildman–Crippen MR) is 96.7 cm³/mol. The molecule has 0 radical (unpaired) electrons. The molecule has 0 aliphatic rings. The molecule has 0 unspecified atom stereocenters. The zero-order valence-electron chi connectivity index (χ0n) is 13.9. The molecule has 0 aliphatic heterocycles. The maximum atomic E-state index is 11.2. The molecule has 2 aromatic carbocycles. The minimum absolute atomic E-state index is 0.320. The number of hydrogen-bond acceptors (Lipinski definition) is 6. The van der Waals surface area contributed by atoms with Crippen molar-refractivity contribution in [2.75, 3.05) is 0 Å². The molecule has 0 saturated carbocycles. The molecular weight excluding hydrogens is 336 g/mol. The molecule has 0 aromatic heterocycles. The Hall–Kier alpha value is -3.68. The van der Waals surface area contributed by atoms with Crippen molar-refractivity contribution in [2.24, 2.45) is 0 Å². The topological polar surface area (TPSA) is 110 Å². The lowest BCUT2D eigenvalue weighted by molar-refractivity contribution is -0.480. The van der Waals surface area contributed by atoms with Crippen LogP contribution in [-0.2, 0) is 13.1 Å². The number of nitrogens with zero attached hydrogens (tertiary/aromatic N) is 2. The SMILES string of the molecule is O=[N+]([O-])C(=C\NCc1ccccc1)/C(=C/NCc1ccccc1)[N+](=O)[O-]. The first-order valence-electron chi connectivity index (χ1n) is 7.82. The van der Waals surface area contributed by atoms with Crippen molar-refractivity contribution in [3.63, 3.8) is 0 Å². The molecule has 2 aromatic rings. The van der Waals surface area contributed by atoms with E-state index >= 15 is 0 Å². The van der Waals surface area contributed by atoms with Gasteiger partial charge in [-0.15, -0.1) is 0 Å². The van der Waals surface area contributed by atoms with Gasteiger partial charge in [0, 0.05) is 13.1 Å². The van der Waals surface area contributed by atoms with E-state index < -0.39 is 21.2 Å². The summed E-state index contributed by atoms with van der Waals surface area (Å²) in [6.07, 6.45) is 2.09. The minimum Gasteiger partial charge on any atom is -0.381 e. The molecule has 26 heavy (non-hydrogen) atoms. The van der Waals surface area contributed by atoms with Gasteiger partial charge in [-0.05, 0) is 11.1 Å². The van der Waals surface area contributed by atoms with Crippen LogP contribution in [0.5, 0.6) is 0 Å². The first-order valence-corrected chi connectivity index (χ1v) is 7.82. The standard InChI is InChI=1S/C18H18N4O4/c23-21(24)17(13-19-11-15-7-3-1-4-8-15)18(22(25)26)14-20-12-16-9-5-2-6-10-16/h1-10,13-14,19-20H,11-12H2/b17-13-,18-14-. The summed E-state index contributed by atoms with van der Waals surface area (Å²) >= 11 is 0. The lowest BCUT2D eigenvalue weighted by Crippen LogP contribution is -2.17. The van der Waals surface area contributed by atoms with Crippen molar-refractivity contribution in [1.29, 1.82) is 0 Å². The first-order chi connectivity index (χ1) is 12.6. The molecule has 0 aliphatic carbocycles. The molecule has 0 bridgehead atoms. The quantitative estimate of drug-likeness (QED) is 0.407. The summed E-state index contributed by atoms with van der Waals surface area (Å²) in [7, 11) is 0. The Labute approximate surface area is 150 Å². The molecule has 2 N–H and O–H groups in total. The third-order valence-electron chi connectivity index (χ3n) is 3.43. The molecule has 0 amide bonds. The minimum atomic E-state index is -0.781. The smallest absolute Gasteiger partial charge is 0.363 e. The van der Waals surface area contributed by atoms with Crippen LogP contribution >= 0.6 is 0 Å². The van der Waals surface area contributed by atoms with E-state index in [1.54, 1.807) is 0 Å². The van der Waals surface area contributed by atoms with Crippen LogP contribution in [0.4, 0.5) is 0 Å². The molecule has 0 heterocycles. The van der Waals surface area contributed by atoms with Crippen molar-refractivity contribution in [3.8, 4) is 0 Å². The van der Waals surface area contributed by atoms with Gasteiger partial charge >= 0.3 is 11.4 Å². The van der Waals surface area contributed by atoms with Gasteiger partial charge in [-0.25, -0.2) is 0 Å². The highest BCUT2D eigenvalue weighted by Crippen LogP contribution is 2.11. The second kappa shape index (κ2) is 9.58. The molecule has 0 atom stereocenters. The number of nitrogens with one attached hydrogen (secondary N) is 2. The van der Waals surface area contributed by atoms with Gasteiger partial charge in [-0.3, -0.25) is 20.2 Å². The Morgan fingerprint density at radius 3 is 1.38 bits per heavy atom. The predicted octanol–water partition coefficient (Wildman–Crippen LogP) is 2.80. The van der Waals surface area contributed by atoms with E-state index in [0.717, 1.165) is 23.5 Å². The van der Waals surface area contributed by atoms with E-state index in [1.807, 2.05) is 60.7 Å². The van der Waals surface area contributed by atoms with Gasteiger partial charge in [-0.2, -0.15) is 0 Å². The fourth-order valence-corrected chi connectivity index (χ4v) is 2.16. The van der Waals surface area contributed by atoms with Gasteiger partial charge in [0.15, 0.2) is 0 Å². The van der Waals surface area contributed by atoms with Gasteiger partial charge in [-0.1, -0.05) is 60.7 Å². The average Bonchev–Trinajstić information content (AvgIpc) is 2.64. The van der Waals surface area contributed by atoms with Crippen LogP contribution in [-0.4, -0.2) is 9.85 Å². The van der Waals surface area contributed by atoms with Crippen molar-refractivity contribution in [1.82, 2.24) is 10.6 Å². The van der Waals surface area contributed by atoms with Crippen LogP contribution in [0.1, 0.15) is 11.1 Å². The van der Waals surface area contributed by atoms with Gasteiger partial charge in [0.2, 0.25) is 0 Å². The molecule has 8 nitrogen and oxygen atoms in total. The number of rotatable bonds is 9. The average molecular weight is 354 g/mol. The van der Waals surface area contributed by atoms with Gasteiger partial charge in [0.1, 0.15) is 0 Å². The van der Waals surface area contributed by atoms with Crippen LogP contribution < -0.4 is 10.6 Å². The lowest BCUT2D eigenvalue weighted by atomic mass is 10.2. The van der Waals surface area contributed by atoms with Gasteiger partial charge in [0.05, 0.1) is 22.2 Å². The highest BCUT2D eigenvalue weighted by molar-refractivity contribution is 5.20. The monoisotopic (exact) mass is 354 g/mol. The highest BCUT2D eigenvalue weighted by atomic mass is 16.6. The fraction of sp³-hybridized carbons (Fsp3) is 0.111. The third kappa shape index (κ3) is 5.75. The molecule has 0 spiro atoms. The maximum absolute atomic E-state index is 11.2. The van der Waals surface area contributed by atoms with Crippen LogP contribution in [0.15, 0.2) is 84.5 Å². The highest BCUT2D eigenvalue weighted by Gasteiger charge is 2.28. The summed E-state index contributed by atoms with van der Waals surface area (Å²) in [5.74, 6) is 0. The van der Waals surface area contributed by atoms with Gasteiger partial charge < -0.3 is 10.6 Å². The molecular formula is C18H18N4O4. The second-order valence-electron chi connectivity index (χ2n) is 5.31. The first kappa shape index (κ1) is 18.7. The Balaban J connectivity index is 2.09.